The zero-order chi connectivity index (χ0) is 30.8. The Morgan fingerprint density at radius 1 is 1.20 bits per heavy atom. The van der Waals surface area contributed by atoms with Gasteiger partial charge in [-0.15, -0.1) is 0 Å². The summed E-state index contributed by atoms with van der Waals surface area (Å²) >= 11 is 0. The normalized spacial score (nSPS) is 20.5. The molecule has 228 valence electrons. The van der Waals surface area contributed by atoms with Crippen LogP contribution in [0.15, 0.2) is 52.2 Å². The summed E-state index contributed by atoms with van der Waals surface area (Å²) in [5, 5.41) is 5.62. The Balaban J connectivity index is 2.15. The van der Waals surface area contributed by atoms with E-state index in [0.717, 1.165) is 37.0 Å². The second-order valence-electron chi connectivity index (χ2n) is 12.2. The van der Waals surface area contributed by atoms with Crippen LogP contribution >= 0.6 is 0 Å². The number of allylic oxidation sites excluding steroid dienone is 5. The molecular formula is C33H51FN4O3. The summed E-state index contributed by atoms with van der Waals surface area (Å²) in [6.07, 6.45) is 13.2. The molecule has 2 fully saturated rings. The van der Waals surface area contributed by atoms with Crippen molar-refractivity contribution in [2.24, 2.45) is 10.4 Å². The van der Waals surface area contributed by atoms with Crippen molar-refractivity contribution in [3.8, 4) is 0 Å². The van der Waals surface area contributed by atoms with Crippen LogP contribution in [-0.2, 0) is 14.4 Å². The van der Waals surface area contributed by atoms with E-state index < -0.39 is 29.1 Å². The lowest BCUT2D eigenvalue weighted by atomic mass is 9.85. The van der Waals surface area contributed by atoms with Crippen molar-refractivity contribution in [1.29, 1.82) is 0 Å². The Kier molecular flexibility index (Phi) is 12.7. The largest absolute Gasteiger partial charge is 0.350 e. The predicted octanol–water partition coefficient (Wildman–Crippen LogP) is 6.13. The van der Waals surface area contributed by atoms with Crippen molar-refractivity contribution in [3.63, 3.8) is 0 Å². The Morgan fingerprint density at radius 2 is 1.88 bits per heavy atom. The lowest BCUT2D eigenvalue weighted by Gasteiger charge is -2.35. The predicted molar refractivity (Wildman–Crippen MR) is 165 cm³/mol. The molecule has 2 rings (SSSR count). The number of alkyl halides is 1. The van der Waals surface area contributed by atoms with Crippen molar-refractivity contribution in [3.05, 3.63) is 47.2 Å². The van der Waals surface area contributed by atoms with E-state index in [-0.39, 0.29) is 31.2 Å². The van der Waals surface area contributed by atoms with Crippen LogP contribution in [0.3, 0.4) is 0 Å². The summed E-state index contributed by atoms with van der Waals surface area (Å²) < 4.78 is 14.4. The molecule has 1 aliphatic carbocycles. The Morgan fingerprint density at radius 3 is 2.41 bits per heavy atom. The van der Waals surface area contributed by atoms with Crippen molar-refractivity contribution < 1.29 is 18.8 Å². The number of carbonyl (C=O) groups excluding carboxylic acids is 3. The van der Waals surface area contributed by atoms with Crippen molar-refractivity contribution in [2.45, 2.75) is 118 Å². The maximum Gasteiger partial charge on any atom is 0.258 e. The first kappa shape index (κ1) is 34.2. The summed E-state index contributed by atoms with van der Waals surface area (Å²) in [5.74, 6) is -1.34. The number of aliphatic imine (C=N–C) groups is 1. The van der Waals surface area contributed by atoms with Gasteiger partial charge in [-0.25, -0.2) is 4.39 Å². The van der Waals surface area contributed by atoms with Crippen LogP contribution in [0.1, 0.15) is 99.8 Å². The van der Waals surface area contributed by atoms with Crippen molar-refractivity contribution in [1.82, 2.24) is 15.5 Å². The zero-order valence-electron chi connectivity index (χ0n) is 26.2. The number of nitrogens with one attached hydrogen (secondary N) is 2. The van der Waals surface area contributed by atoms with Crippen LogP contribution in [0.2, 0.25) is 0 Å². The second kappa shape index (κ2) is 15.3. The van der Waals surface area contributed by atoms with E-state index in [1.54, 1.807) is 6.08 Å². The van der Waals surface area contributed by atoms with Gasteiger partial charge >= 0.3 is 0 Å². The molecule has 2 N–H and O–H groups in total. The van der Waals surface area contributed by atoms with Gasteiger partial charge in [0.2, 0.25) is 11.8 Å². The smallest absolute Gasteiger partial charge is 0.258 e. The minimum atomic E-state index is -1.88. The summed E-state index contributed by atoms with van der Waals surface area (Å²) in [4.78, 5) is 45.4. The van der Waals surface area contributed by atoms with Gasteiger partial charge in [0.15, 0.2) is 5.67 Å². The summed E-state index contributed by atoms with van der Waals surface area (Å²) in [5.41, 5.74) is 1.80. The number of nitrogens with zero attached hydrogens (tertiary/aromatic N) is 2. The van der Waals surface area contributed by atoms with E-state index >= 15 is 0 Å². The van der Waals surface area contributed by atoms with Gasteiger partial charge in [-0.05, 0) is 80.9 Å². The molecule has 0 aromatic carbocycles. The summed E-state index contributed by atoms with van der Waals surface area (Å²) in [7, 11) is 0. The molecule has 8 heteroatoms. The number of hydrogen-bond acceptors (Lipinski definition) is 4. The molecule has 1 aliphatic heterocycles. The monoisotopic (exact) mass is 570 g/mol. The Hall–Kier alpha value is -3.03. The molecule has 1 saturated heterocycles. The lowest BCUT2D eigenvalue weighted by Crippen LogP contribution is -2.59. The van der Waals surface area contributed by atoms with Crippen LogP contribution in [0.25, 0.3) is 0 Å². The quantitative estimate of drug-likeness (QED) is 0.194. The van der Waals surface area contributed by atoms with Crippen LogP contribution in [0.4, 0.5) is 4.39 Å². The number of halogens is 1. The number of carbonyl (C=O) groups is 3. The molecule has 3 amide bonds. The highest BCUT2D eigenvalue weighted by Gasteiger charge is 2.53. The minimum Gasteiger partial charge on any atom is -0.350 e. The standard InChI is InChI=1S/C33H51FN4O3/c1-9-13-15-26(23(5)35-12-4)25(11-3)18-17-24(10-2)22-36-29(39)27-16-14-21-38(27)30(40)28(32(6,7)8)37-31(41)33(34)19-20-33/h10,12,17-18,27-28H,2,9,11,13-16,19-22H2,1,3-8H3,(H,36,39)(H,37,41)/b24-17+,25-18+,26-23+,35-12?. The summed E-state index contributed by atoms with van der Waals surface area (Å²) in [6.45, 7) is 18.4. The molecule has 0 aromatic rings. The van der Waals surface area contributed by atoms with Gasteiger partial charge in [0, 0.05) is 25.0 Å². The van der Waals surface area contributed by atoms with Gasteiger partial charge in [-0.2, -0.15) is 0 Å². The molecule has 2 unspecified atom stereocenters. The molecule has 41 heavy (non-hydrogen) atoms. The van der Waals surface area contributed by atoms with E-state index in [9.17, 15) is 18.8 Å². The molecule has 0 aromatic heterocycles. The molecule has 0 bridgehead atoms. The fraction of sp³-hybridized carbons (Fsp3) is 0.636. The number of unbranched alkanes of at least 4 members (excludes halogenated alkanes) is 1. The Labute approximate surface area is 246 Å². The number of hydrogen-bond donors (Lipinski definition) is 2. The van der Waals surface area contributed by atoms with Gasteiger partial charge < -0.3 is 15.5 Å². The first-order valence-electron chi connectivity index (χ1n) is 15.1. The molecule has 1 saturated carbocycles. The molecule has 2 atom stereocenters. The lowest BCUT2D eigenvalue weighted by molar-refractivity contribution is -0.144. The average molecular weight is 571 g/mol. The number of rotatable bonds is 14. The van der Waals surface area contributed by atoms with Crippen molar-refractivity contribution >= 4 is 23.9 Å². The minimum absolute atomic E-state index is 0.176. The van der Waals surface area contributed by atoms with E-state index in [4.69, 9.17) is 0 Å². The second-order valence-corrected chi connectivity index (χ2v) is 12.2. The van der Waals surface area contributed by atoms with E-state index in [1.807, 2.05) is 46.9 Å². The SMILES string of the molecule is C=C\C(=C/C=C(CC)/C(CCCC)=C(\C)N=CC)CNC(=O)C1CCCN1C(=O)C(NC(=O)C1(F)CC1)C(C)(C)C. The number of amides is 3. The third-order valence-electron chi connectivity index (χ3n) is 7.86. The maximum atomic E-state index is 14.4. The Bertz CT molecular complexity index is 1090. The van der Waals surface area contributed by atoms with E-state index in [0.29, 0.717) is 19.4 Å². The summed E-state index contributed by atoms with van der Waals surface area (Å²) in [6, 6.07) is -1.57. The third-order valence-corrected chi connectivity index (χ3v) is 7.86. The fourth-order valence-corrected chi connectivity index (χ4v) is 5.06. The average Bonchev–Trinajstić information content (AvgIpc) is 3.49. The van der Waals surface area contributed by atoms with Gasteiger partial charge in [0.1, 0.15) is 12.1 Å². The molecule has 1 heterocycles. The highest BCUT2D eigenvalue weighted by molar-refractivity contribution is 5.95. The highest BCUT2D eigenvalue weighted by atomic mass is 19.1. The van der Waals surface area contributed by atoms with Gasteiger partial charge in [-0.1, -0.05) is 65.8 Å². The first-order chi connectivity index (χ1) is 19.3. The van der Waals surface area contributed by atoms with Crippen molar-refractivity contribution in [2.75, 3.05) is 13.1 Å². The molecular weight excluding hydrogens is 519 g/mol. The van der Waals surface area contributed by atoms with E-state index in [1.165, 1.54) is 16.0 Å². The van der Waals surface area contributed by atoms with Gasteiger partial charge in [-0.3, -0.25) is 19.4 Å². The number of likely N-dealkylation sites (tertiary alicyclic amines) is 1. The molecule has 0 spiro atoms. The van der Waals surface area contributed by atoms with Gasteiger partial charge in [0.25, 0.3) is 5.91 Å². The van der Waals surface area contributed by atoms with E-state index in [2.05, 4.69) is 42.1 Å². The van der Waals surface area contributed by atoms with Crippen LogP contribution in [0, 0.1) is 5.41 Å². The topological polar surface area (TPSA) is 90.9 Å². The van der Waals surface area contributed by atoms with Crippen LogP contribution in [-0.4, -0.2) is 59.7 Å². The molecule has 2 aliphatic rings. The van der Waals surface area contributed by atoms with Crippen LogP contribution in [0.5, 0.6) is 0 Å². The van der Waals surface area contributed by atoms with Crippen LogP contribution < -0.4 is 10.6 Å². The fourth-order valence-electron chi connectivity index (χ4n) is 5.06. The third kappa shape index (κ3) is 9.50. The highest BCUT2D eigenvalue weighted by Crippen LogP contribution is 2.40. The molecule has 7 nitrogen and oxygen atoms in total. The maximum absolute atomic E-state index is 14.4. The molecule has 0 radical (unpaired) electrons. The first-order valence-corrected chi connectivity index (χ1v) is 15.1. The zero-order valence-corrected chi connectivity index (χ0v) is 26.2. The van der Waals surface area contributed by atoms with Gasteiger partial charge in [0.05, 0.1) is 0 Å².